The summed E-state index contributed by atoms with van der Waals surface area (Å²) in [5.41, 5.74) is 0. The number of carbonyl (C=O) groups excluding carboxylic acids is 2. The monoisotopic (exact) mass is 197 g/mol. The lowest BCUT2D eigenvalue weighted by Gasteiger charge is -2.31. The van der Waals surface area contributed by atoms with Gasteiger partial charge < -0.3 is 4.74 Å². The Bertz CT molecular complexity index is 230. The topological polar surface area (TPSA) is 55.4 Å². The second-order valence-corrected chi connectivity index (χ2v) is 4.12. The quantitative estimate of drug-likeness (QED) is 0.621. The Morgan fingerprint density at radius 1 is 1.14 bits per heavy atom. The van der Waals surface area contributed by atoms with Crippen LogP contribution < -0.4 is 5.32 Å². The fourth-order valence-electron chi connectivity index (χ4n) is 2.28. The third-order valence-electron chi connectivity index (χ3n) is 3.04. The average Bonchev–Trinajstić information content (AvgIpc) is 2.18. The molecule has 0 aliphatic carbocycles. The fourth-order valence-corrected chi connectivity index (χ4v) is 2.28. The van der Waals surface area contributed by atoms with E-state index in [0.717, 1.165) is 19.4 Å². The fraction of sp³-hybridized carbons (Fsp3) is 0.800. The van der Waals surface area contributed by atoms with Crippen LogP contribution in [0.5, 0.6) is 0 Å². The maximum absolute atomic E-state index is 11.2. The Morgan fingerprint density at radius 2 is 1.86 bits per heavy atom. The van der Waals surface area contributed by atoms with Crippen molar-refractivity contribution in [3.05, 3.63) is 0 Å². The van der Waals surface area contributed by atoms with Gasteiger partial charge in [-0.25, -0.2) is 0 Å². The number of imide groups is 1. The van der Waals surface area contributed by atoms with Crippen LogP contribution >= 0.6 is 0 Å². The van der Waals surface area contributed by atoms with E-state index in [4.69, 9.17) is 4.74 Å². The lowest BCUT2D eigenvalue weighted by atomic mass is 9.81. The molecule has 2 saturated heterocycles. The maximum Gasteiger partial charge on any atom is 0.226 e. The van der Waals surface area contributed by atoms with Crippen molar-refractivity contribution in [1.82, 2.24) is 5.32 Å². The molecule has 2 heterocycles. The molecule has 0 bridgehead atoms. The van der Waals surface area contributed by atoms with Gasteiger partial charge in [-0.15, -0.1) is 0 Å². The van der Waals surface area contributed by atoms with Crippen LogP contribution in [-0.2, 0) is 14.3 Å². The summed E-state index contributed by atoms with van der Waals surface area (Å²) >= 11 is 0. The van der Waals surface area contributed by atoms with Crippen LogP contribution in [0.2, 0.25) is 0 Å². The second-order valence-electron chi connectivity index (χ2n) is 4.12. The molecule has 2 aliphatic rings. The molecule has 2 amide bonds. The summed E-state index contributed by atoms with van der Waals surface area (Å²) in [5.74, 6) is 0.351. The van der Waals surface area contributed by atoms with Crippen molar-refractivity contribution >= 4 is 11.8 Å². The zero-order chi connectivity index (χ0) is 9.97. The van der Waals surface area contributed by atoms with Gasteiger partial charge >= 0.3 is 0 Å². The van der Waals surface area contributed by atoms with Gasteiger partial charge in [-0.2, -0.15) is 0 Å². The molecule has 4 nitrogen and oxygen atoms in total. The average molecular weight is 197 g/mol. The summed E-state index contributed by atoms with van der Waals surface area (Å²) in [6.45, 7) is 1.54. The van der Waals surface area contributed by atoms with E-state index in [0.29, 0.717) is 25.4 Å². The summed E-state index contributed by atoms with van der Waals surface area (Å²) in [5, 5.41) is 2.33. The molecule has 78 valence electrons. The molecule has 2 fully saturated rings. The number of rotatable bonds is 1. The third-order valence-corrected chi connectivity index (χ3v) is 3.04. The van der Waals surface area contributed by atoms with Crippen molar-refractivity contribution in [2.24, 2.45) is 11.8 Å². The molecule has 1 unspecified atom stereocenters. The lowest BCUT2D eigenvalue weighted by molar-refractivity contribution is -0.136. The predicted octanol–water partition coefficient (Wildman–Crippen LogP) is 0.466. The molecule has 0 spiro atoms. The Hall–Kier alpha value is -0.900. The molecule has 0 radical (unpaired) electrons. The zero-order valence-corrected chi connectivity index (χ0v) is 8.12. The second kappa shape index (κ2) is 4.09. The van der Waals surface area contributed by atoms with Crippen LogP contribution in [0.25, 0.3) is 0 Å². The van der Waals surface area contributed by atoms with Crippen molar-refractivity contribution in [3.8, 4) is 0 Å². The van der Waals surface area contributed by atoms with E-state index in [2.05, 4.69) is 5.32 Å². The van der Waals surface area contributed by atoms with Crippen LogP contribution in [0.3, 0.4) is 0 Å². The van der Waals surface area contributed by atoms with Gasteiger partial charge in [-0.05, 0) is 24.7 Å². The molecule has 1 atom stereocenters. The molecule has 2 aliphatic heterocycles. The predicted molar refractivity (Wildman–Crippen MR) is 49.4 cm³/mol. The molecule has 0 saturated carbocycles. The minimum atomic E-state index is -0.128. The normalized spacial score (nSPS) is 30.1. The van der Waals surface area contributed by atoms with E-state index in [1.54, 1.807) is 0 Å². The van der Waals surface area contributed by atoms with Gasteiger partial charge in [0.05, 0.1) is 0 Å². The summed E-state index contributed by atoms with van der Waals surface area (Å²) in [4.78, 5) is 22.3. The van der Waals surface area contributed by atoms with E-state index in [1.165, 1.54) is 0 Å². The smallest absolute Gasteiger partial charge is 0.226 e. The zero-order valence-electron chi connectivity index (χ0n) is 8.12. The van der Waals surface area contributed by atoms with Gasteiger partial charge in [-0.3, -0.25) is 14.9 Å². The number of hydrogen-bond acceptors (Lipinski definition) is 3. The summed E-state index contributed by atoms with van der Waals surface area (Å²) in [6, 6.07) is 0. The highest BCUT2D eigenvalue weighted by Gasteiger charge is 2.32. The molecular formula is C10H15NO3. The van der Waals surface area contributed by atoms with Crippen molar-refractivity contribution in [1.29, 1.82) is 0 Å². The van der Waals surface area contributed by atoms with Gasteiger partial charge in [0, 0.05) is 26.1 Å². The summed E-state index contributed by atoms with van der Waals surface area (Å²) in [7, 11) is 0. The first kappa shape index (κ1) is 9.65. The largest absolute Gasteiger partial charge is 0.381 e. The van der Waals surface area contributed by atoms with Crippen molar-refractivity contribution < 1.29 is 14.3 Å². The van der Waals surface area contributed by atoms with Gasteiger partial charge in [-0.1, -0.05) is 0 Å². The number of ether oxygens (including phenoxy) is 1. The van der Waals surface area contributed by atoms with Crippen LogP contribution in [0, 0.1) is 11.8 Å². The maximum atomic E-state index is 11.2. The Kier molecular flexibility index (Phi) is 2.82. The van der Waals surface area contributed by atoms with Gasteiger partial charge in [0.1, 0.15) is 0 Å². The summed E-state index contributed by atoms with van der Waals surface area (Å²) in [6.07, 6.45) is 3.11. The Labute approximate surface area is 83.0 Å². The number of hydrogen-bond donors (Lipinski definition) is 1. The number of nitrogens with one attached hydrogen (secondary N) is 1. The molecule has 0 aromatic heterocycles. The number of piperidine rings is 1. The van der Waals surface area contributed by atoms with Gasteiger partial charge in [0.25, 0.3) is 0 Å². The van der Waals surface area contributed by atoms with Crippen LogP contribution in [0.4, 0.5) is 0 Å². The van der Waals surface area contributed by atoms with E-state index < -0.39 is 0 Å². The Morgan fingerprint density at radius 3 is 2.43 bits per heavy atom. The van der Waals surface area contributed by atoms with Crippen molar-refractivity contribution in [2.75, 3.05) is 13.2 Å². The highest BCUT2D eigenvalue weighted by atomic mass is 16.5. The summed E-state index contributed by atoms with van der Waals surface area (Å²) < 4.78 is 5.36. The van der Waals surface area contributed by atoms with E-state index >= 15 is 0 Å². The minimum absolute atomic E-state index is 0.128. The molecule has 4 heteroatoms. The van der Waals surface area contributed by atoms with E-state index in [9.17, 15) is 9.59 Å². The van der Waals surface area contributed by atoms with Crippen LogP contribution in [-0.4, -0.2) is 25.0 Å². The first-order valence-electron chi connectivity index (χ1n) is 5.16. The molecule has 2 rings (SSSR count). The lowest BCUT2D eigenvalue weighted by Crippen LogP contribution is -2.42. The van der Waals surface area contributed by atoms with E-state index in [-0.39, 0.29) is 17.7 Å². The first-order valence-corrected chi connectivity index (χ1v) is 5.16. The molecule has 0 aromatic carbocycles. The van der Waals surface area contributed by atoms with E-state index in [1.807, 2.05) is 0 Å². The highest BCUT2D eigenvalue weighted by Crippen LogP contribution is 2.29. The number of carbonyl (C=O) groups is 2. The molecular weight excluding hydrogens is 182 g/mol. The Balaban J connectivity index is 1.95. The first-order chi connectivity index (χ1) is 6.75. The molecule has 1 N–H and O–H groups in total. The highest BCUT2D eigenvalue weighted by molar-refractivity contribution is 5.97. The van der Waals surface area contributed by atoms with Gasteiger partial charge in [0.2, 0.25) is 11.8 Å². The van der Waals surface area contributed by atoms with Gasteiger partial charge in [0.15, 0.2) is 0 Å². The van der Waals surface area contributed by atoms with Crippen LogP contribution in [0.1, 0.15) is 25.7 Å². The molecule has 0 aromatic rings. The SMILES string of the molecule is O=C1CC(C2CCCOC2)CC(=O)N1. The third kappa shape index (κ3) is 2.12. The standard InChI is InChI=1S/C10H15NO3/c12-9-4-8(5-10(13)11-9)7-2-1-3-14-6-7/h7-8H,1-6H2,(H,11,12,13). The van der Waals surface area contributed by atoms with Crippen molar-refractivity contribution in [2.45, 2.75) is 25.7 Å². The van der Waals surface area contributed by atoms with Crippen LogP contribution in [0.15, 0.2) is 0 Å². The minimum Gasteiger partial charge on any atom is -0.381 e. The number of amides is 2. The molecule has 14 heavy (non-hydrogen) atoms. The van der Waals surface area contributed by atoms with Crippen molar-refractivity contribution in [3.63, 3.8) is 0 Å².